The third-order valence-electron chi connectivity index (χ3n) is 3.44. The number of anilines is 1. The summed E-state index contributed by atoms with van der Waals surface area (Å²) in [4.78, 5) is 12.3. The van der Waals surface area contributed by atoms with Gasteiger partial charge in [0, 0.05) is 13.0 Å². The number of rotatable bonds is 7. The topological polar surface area (TPSA) is 75.3 Å². The number of benzene rings is 2. The average molecular weight is 401 g/mol. The molecule has 0 saturated carbocycles. The van der Waals surface area contributed by atoms with Crippen LogP contribution in [0.1, 0.15) is 18.9 Å². The van der Waals surface area contributed by atoms with Crippen molar-refractivity contribution < 1.29 is 13.2 Å². The van der Waals surface area contributed by atoms with Crippen molar-refractivity contribution in [1.29, 1.82) is 0 Å². The van der Waals surface area contributed by atoms with Gasteiger partial charge < -0.3 is 5.32 Å². The Hall–Kier alpha value is -1.60. The molecule has 0 aliphatic carbocycles. The lowest BCUT2D eigenvalue weighted by atomic mass is 10.1. The SMILES string of the molecule is CCNS(=O)(=O)c1ccc(CCC(=O)Nc2c(Cl)cccc2Cl)cc1. The van der Waals surface area contributed by atoms with E-state index < -0.39 is 10.0 Å². The van der Waals surface area contributed by atoms with E-state index in [0.29, 0.717) is 28.7 Å². The molecule has 1 amide bonds. The van der Waals surface area contributed by atoms with Gasteiger partial charge in [-0.2, -0.15) is 0 Å². The fraction of sp³-hybridized carbons (Fsp3) is 0.235. The molecule has 0 aromatic heterocycles. The number of carbonyl (C=O) groups excluding carboxylic acids is 1. The van der Waals surface area contributed by atoms with Crippen LogP contribution < -0.4 is 10.0 Å². The zero-order valence-electron chi connectivity index (χ0n) is 13.6. The maximum Gasteiger partial charge on any atom is 0.240 e. The Kier molecular flexibility index (Phi) is 6.84. The van der Waals surface area contributed by atoms with Crippen molar-refractivity contribution in [2.75, 3.05) is 11.9 Å². The molecule has 2 rings (SSSR count). The van der Waals surface area contributed by atoms with E-state index >= 15 is 0 Å². The summed E-state index contributed by atoms with van der Waals surface area (Å²) >= 11 is 12.0. The largest absolute Gasteiger partial charge is 0.324 e. The van der Waals surface area contributed by atoms with Crippen LogP contribution in [0, 0.1) is 0 Å². The quantitative estimate of drug-likeness (QED) is 0.740. The first-order valence-electron chi connectivity index (χ1n) is 7.66. The van der Waals surface area contributed by atoms with E-state index in [0.717, 1.165) is 5.56 Å². The molecular weight excluding hydrogens is 383 g/mol. The van der Waals surface area contributed by atoms with Gasteiger partial charge in [-0.3, -0.25) is 4.79 Å². The number of carbonyl (C=O) groups is 1. The molecule has 0 atom stereocenters. The zero-order chi connectivity index (χ0) is 18.4. The van der Waals surface area contributed by atoms with Crippen LogP contribution in [0.25, 0.3) is 0 Å². The molecule has 0 radical (unpaired) electrons. The van der Waals surface area contributed by atoms with Gasteiger partial charge in [0.05, 0.1) is 20.6 Å². The second kappa shape index (κ2) is 8.67. The third-order valence-corrected chi connectivity index (χ3v) is 5.63. The number of hydrogen-bond donors (Lipinski definition) is 2. The predicted octanol–water partition coefficient (Wildman–Crippen LogP) is 3.86. The maximum absolute atomic E-state index is 12.1. The highest BCUT2D eigenvalue weighted by Crippen LogP contribution is 2.29. The Labute approximate surface area is 157 Å². The van der Waals surface area contributed by atoms with E-state index in [4.69, 9.17) is 23.2 Å². The number of para-hydroxylation sites is 1. The Morgan fingerprint density at radius 1 is 1.04 bits per heavy atom. The van der Waals surface area contributed by atoms with E-state index in [1.165, 1.54) is 12.1 Å². The minimum atomic E-state index is -3.47. The summed E-state index contributed by atoms with van der Waals surface area (Å²) in [6.45, 7) is 2.05. The number of sulfonamides is 1. The van der Waals surface area contributed by atoms with Gasteiger partial charge in [0.2, 0.25) is 15.9 Å². The van der Waals surface area contributed by atoms with E-state index in [1.807, 2.05) is 0 Å². The van der Waals surface area contributed by atoms with Crippen molar-refractivity contribution in [3.8, 4) is 0 Å². The van der Waals surface area contributed by atoms with E-state index in [-0.39, 0.29) is 17.2 Å². The zero-order valence-corrected chi connectivity index (χ0v) is 15.9. The molecule has 0 unspecified atom stereocenters. The van der Waals surface area contributed by atoms with Crippen LogP contribution in [0.5, 0.6) is 0 Å². The Morgan fingerprint density at radius 2 is 1.64 bits per heavy atom. The van der Waals surface area contributed by atoms with Gasteiger partial charge in [-0.05, 0) is 36.2 Å². The van der Waals surface area contributed by atoms with Crippen LogP contribution in [0.2, 0.25) is 10.0 Å². The highest BCUT2D eigenvalue weighted by atomic mass is 35.5. The lowest BCUT2D eigenvalue weighted by Gasteiger charge is -2.09. The smallest absolute Gasteiger partial charge is 0.240 e. The number of nitrogens with one attached hydrogen (secondary N) is 2. The summed E-state index contributed by atoms with van der Waals surface area (Å²) in [6, 6.07) is 11.4. The van der Waals surface area contributed by atoms with Gasteiger partial charge in [0.15, 0.2) is 0 Å². The molecule has 0 aliphatic heterocycles. The Balaban J connectivity index is 1.96. The molecule has 0 aliphatic rings. The number of hydrogen-bond acceptors (Lipinski definition) is 3. The normalized spacial score (nSPS) is 11.3. The number of amides is 1. The summed E-state index contributed by atoms with van der Waals surface area (Å²) in [7, 11) is -3.47. The molecule has 2 N–H and O–H groups in total. The van der Waals surface area contributed by atoms with Crippen LogP contribution >= 0.6 is 23.2 Å². The van der Waals surface area contributed by atoms with Crippen molar-refractivity contribution in [3.63, 3.8) is 0 Å². The first-order chi connectivity index (χ1) is 11.8. The van der Waals surface area contributed by atoms with E-state index in [9.17, 15) is 13.2 Å². The number of aryl methyl sites for hydroxylation is 1. The molecule has 0 saturated heterocycles. The van der Waals surface area contributed by atoms with E-state index in [1.54, 1.807) is 37.3 Å². The fourth-order valence-electron chi connectivity index (χ4n) is 2.19. The van der Waals surface area contributed by atoms with Gasteiger partial charge in [-0.25, -0.2) is 13.1 Å². The Morgan fingerprint density at radius 3 is 2.20 bits per heavy atom. The molecule has 5 nitrogen and oxygen atoms in total. The van der Waals surface area contributed by atoms with Crippen LogP contribution in [0.4, 0.5) is 5.69 Å². The fourth-order valence-corrected chi connectivity index (χ4v) is 3.72. The van der Waals surface area contributed by atoms with Crippen molar-refractivity contribution in [3.05, 3.63) is 58.1 Å². The van der Waals surface area contributed by atoms with Crippen LogP contribution in [0.3, 0.4) is 0 Å². The van der Waals surface area contributed by atoms with Gasteiger partial charge in [-0.1, -0.05) is 48.3 Å². The summed E-state index contributed by atoms with van der Waals surface area (Å²) < 4.78 is 26.2. The van der Waals surface area contributed by atoms with Crippen molar-refractivity contribution >= 4 is 44.8 Å². The molecule has 25 heavy (non-hydrogen) atoms. The molecule has 2 aromatic carbocycles. The molecule has 134 valence electrons. The number of halogens is 2. The van der Waals surface area contributed by atoms with Crippen LogP contribution in [-0.4, -0.2) is 20.9 Å². The second-order valence-electron chi connectivity index (χ2n) is 5.29. The van der Waals surface area contributed by atoms with Crippen molar-refractivity contribution in [2.45, 2.75) is 24.7 Å². The summed E-state index contributed by atoms with van der Waals surface area (Å²) in [6.07, 6.45) is 0.691. The maximum atomic E-state index is 12.1. The molecule has 0 fully saturated rings. The van der Waals surface area contributed by atoms with Crippen LogP contribution in [-0.2, 0) is 21.2 Å². The summed E-state index contributed by atoms with van der Waals surface area (Å²) in [5, 5.41) is 3.44. The first-order valence-corrected chi connectivity index (χ1v) is 9.90. The molecule has 0 bridgehead atoms. The highest BCUT2D eigenvalue weighted by Gasteiger charge is 2.13. The molecule has 8 heteroatoms. The molecule has 0 spiro atoms. The predicted molar refractivity (Wildman–Crippen MR) is 101 cm³/mol. The van der Waals surface area contributed by atoms with Gasteiger partial charge in [-0.15, -0.1) is 0 Å². The molecule has 2 aromatic rings. The average Bonchev–Trinajstić information content (AvgIpc) is 2.57. The second-order valence-corrected chi connectivity index (χ2v) is 7.87. The molecule has 0 heterocycles. The standard InChI is InChI=1S/C17H18Cl2N2O3S/c1-2-20-25(23,24)13-9-6-12(7-10-13)8-11-16(22)21-17-14(18)4-3-5-15(17)19/h3-7,9-10,20H,2,8,11H2,1H3,(H,21,22). The first kappa shape index (κ1) is 19.7. The van der Waals surface area contributed by atoms with Gasteiger partial charge in [0.1, 0.15) is 0 Å². The van der Waals surface area contributed by atoms with Crippen molar-refractivity contribution in [2.24, 2.45) is 0 Å². The lowest BCUT2D eigenvalue weighted by molar-refractivity contribution is -0.116. The third kappa shape index (κ3) is 5.44. The van der Waals surface area contributed by atoms with Gasteiger partial charge >= 0.3 is 0 Å². The summed E-state index contributed by atoms with van der Waals surface area (Å²) in [5.41, 5.74) is 1.25. The molecular formula is C17H18Cl2N2O3S. The van der Waals surface area contributed by atoms with E-state index in [2.05, 4.69) is 10.0 Å². The minimum absolute atomic E-state index is 0.199. The summed E-state index contributed by atoms with van der Waals surface area (Å²) in [5.74, 6) is -0.223. The van der Waals surface area contributed by atoms with Crippen molar-refractivity contribution in [1.82, 2.24) is 4.72 Å². The monoisotopic (exact) mass is 400 g/mol. The highest BCUT2D eigenvalue weighted by molar-refractivity contribution is 7.89. The Bertz CT molecular complexity index is 832. The van der Waals surface area contributed by atoms with Gasteiger partial charge in [0.25, 0.3) is 0 Å². The minimum Gasteiger partial charge on any atom is -0.324 e. The lowest BCUT2D eigenvalue weighted by Crippen LogP contribution is -2.23. The van der Waals surface area contributed by atoms with Crippen LogP contribution in [0.15, 0.2) is 47.4 Å².